The van der Waals surface area contributed by atoms with Crippen LogP contribution in [-0.2, 0) is 0 Å². The third-order valence-electron chi connectivity index (χ3n) is 4.24. The molecule has 152 valence electrons. The highest BCUT2D eigenvalue weighted by atomic mass is 16.6. The van der Waals surface area contributed by atoms with Crippen molar-refractivity contribution < 1.29 is 19.2 Å². The van der Waals surface area contributed by atoms with Crippen molar-refractivity contribution in [1.82, 2.24) is 0 Å². The molecule has 0 unspecified atom stereocenters. The lowest BCUT2D eigenvalue weighted by molar-refractivity contribution is -0.383. The van der Waals surface area contributed by atoms with Gasteiger partial charge in [0, 0.05) is 28.6 Å². The predicted octanol–water partition coefficient (Wildman–Crippen LogP) is 3.69. The van der Waals surface area contributed by atoms with E-state index in [4.69, 9.17) is 10.5 Å². The molecule has 9 nitrogen and oxygen atoms in total. The highest BCUT2D eigenvalue weighted by Gasteiger charge is 2.16. The zero-order chi connectivity index (χ0) is 21.7. The number of carbonyl (C=O) groups excluding carboxylic acids is 2. The summed E-state index contributed by atoms with van der Waals surface area (Å²) in [5.41, 5.74) is 6.71. The molecule has 0 radical (unpaired) electrons. The standard InChI is InChI=1S/C21H18N4O5/c1-30-17-9-7-16(8-10-17)23-20(26)13-2-5-15(6-3-13)24-21(27)14-4-11-18(22)19(12-14)25(28)29/h2-12H,22H2,1H3,(H,23,26)(H,24,27). The van der Waals surface area contributed by atoms with Crippen LogP contribution in [-0.4, -0.2) is 23.8 Å². The molecule has 3 aromatic carbocycles. The first-order chi connectivity index (χ1) is 14.4. The number of amides is 2. The lowest BCUT2D eigenvalue weighted by Crippen LogP contribution is -2.14. The number of anilines is 3. The number of nitrogens with one attached hydrogen (secondary N) is 2. The minimum atomic E-state index is -0.650. The number of carbonyl (C=O) groups is 2. The zero-order valence-electron chi connectivity index (χ0n) is 15.9. The van der Waals surface area contributed by atoms with Crippen LogP contribution in [0.3, 0.4) is 0 Å². The average Bonchev–Trinajstić information content (AvgIpc) is 2.74. The van der Waals surface area contributed by atoms with Crippen molar-refractivity contribution in [3.63, 3.8) is 0 Å². The summed E-state index contributed by atoms with van der Waals surface area (Å²) >= 11 is 0. The van der Waals surface area contributed by atoms with Gasteiger partial charge in [-0.25, -0.2) is 0 Å². The molecular formula is C21H18N4O5. The Balaban J connectivity index is 1.66. The van der Waals surface area contributed by atoms with Gasteiger partial charge >= 0.3 is 0 Å². The molecule has 0 saturated carbocycles. The minimum Gasteiger partial charge on any atom is -0.497 e. The third kappa shape index (κ3) is 4.71. The molecule has 9 heteroatoms. The van der Waals surface area contributed by atoms with Crippen LogP contribution in [0.5, 0.6) is 5.75 Å². The smallest absolute Gasteiger partial charge is 0.292 e. The van der Waals surface area contributed by atoms with Gasteiger partial charge in [-0.2, -0.15) is 0 Å². The third-order valence-corrected chi connectivity index (χ3v) is 4.24. The molecule has 0 spiro atoms. The van der Waals surface area contributed by atoms with E-state index in [1.807, 2.05) is 0 Å². The summed E-state index contributed by atoms with van der Waals surface area (Å²) in [6.07, 6.45) is 0. The maximum Gasteiger partial charge on any atom is 0.292 e. The Morgan fingerprint density at radius 1 is 0.867 bits per heavy atom. The SMILES string of the molecule is COc1ccc(NC(=O)c2ccc(NC(=O)c3ccc(N)c([N+](=O)[O-])c3)cc2)cc1. The average molecular weight is 406 g/mol. The van der Waals surface area contributed by atoms with Gasteiger partial charge in [0.1, 0.15) is 11.4 Å². The number of methoxy groups -OCH3 is 1. The number of nitrogen functional groups attached to an aromatic ring is 1. The fourth-order valence-electron chi connectivity index (χ4n) is 2.63. The Morgan fingerprint density at radius 3 is 1.90 bits per heavy atom. The summed E-state index contributed by atoms with van der Waals surface area (Å²) < 4.78 is 5.07. The fourth-order valence-corrected chi connectivity index (χ4v) is 2.63. The molecule has 0 heterocycles. The highest BCUT2D eigenvalue weighted by Crippen LogP contribution is 2.23. The number of nitro benzene ring substituents is 1. The van der Waals surface area contributed by atoms with Gasteiger partial charge < -0.3 is 21.1 Å². The second-order valence-electron chi connectivity index (χ2n) is 6.24. The van der Waals surface area contributed by atoms with E-state index in [1.165, 1.54) is 12.1 Å². The van der Waals surface area contributed by atoms with Gasteiger partial charge in [0.25, 0.3) is 17.5 Å². The van der Waals surface area contributed by atoms with E-state index in [-0.39, 0.29) is 22.8 Å². The van der Waals surface area contributed by atoms with Gasteiger partial charge in [0.2, 0.25) is 0 Å². The first-order valence-corrected chi connectivity index (χ1v) is 8.78. The monoisotopic (exact) mass is 406 g/mol. The van der Waals surface area contributed by atoms with Crippen LogP contribution >= 0.6 is 0 Å². The van der Waals surface area contributed by atoms with Crippen molar-refractivity contribution in [3.8, 4) is 5.75 Å². The lowest BCUT2D eigenvalue weighted by atomic mass is 10.1. The summed E-state index contributed by atoms with van der Waals surface area (Å²) in [6, 6.07) is 17.0. The molecule has 0 bridgehead atoms. The lowest BCUT2D eigenvalue weighted by Gasteiger charge is -2.08. The van der Waals surface area contributed by atoms with Gasteiger partial charge in [-0.3, -0.25) is 19.7 Å². The van der Waals surface area contributed by atoms with E-state index in [0.29, 0.717) is 22.7 Å². The van der Waals surface area contributed by atoms with Crippen molar-refractivity contribution in [1.29, 1.82) is 0 Å². The van der Waals surface area contributed by atoms with E-state index in [2.05, 4.69) is 10.6 Å². The minimum absolute atomic E-state index is 0.0243. The molecule has 4 N–H and O–H groups in total. The van der Waals surface area contributed by atoms with E-state index in [1.54, 1.807) is 55.6 Å². The maximum atomic E-state index is 12.4. The first kappa shape index (κ1) is 20.3. The van der Waals surface area contributed by atoms with Gasteiger partial charge in [0.15, 0.2) is 0 Å². The van der Waals surface area contributed by atoms with E-state index in [0.717, 1.165) is 6.07 Å². The van der Waals surface area contributed by atoms with E-state index >= 15 is 0 Å². The van der Waals surface area contributed by atoms with Crippen LogP contribution in [0.25, 0.3) is 0 Å². The van der Waals surface area contributed by atoms with Crippen LogP contribution in [0.1, 0.15) is 20.7 Å². The summed E-state index contributed by atoms with van der Waals surface area (Å²) in [5, 5.41) is 16.4. The Bertz CT molecular complexity index is 1100. The van der Waals surface area contributed by atoms with Crippen LogP contribution in [0.4, 0.5) is 22.7 Å². The van der Waals surface area contributed by atoms with Crippen molar-refractivity contribution >= 4 is 34.6 Å². The number of hydrogen-bond donors (Lipinski definition) is 3. The molecule has 0 aliphatic carbocycles. The Kier molecular flexibility index (Phi) is 5.92. The number of nitrogens with zero attached hydrogens (tertiary/aromatic N) is 1. The number of ether oxygens (including phenoxy) is 1. The predicted molar refractivity (Wildman–Crippen MR) is 113 cm³/mol. The Labute approximate surface area is 171 Å². The first-order valence-electron chi connectivity index (χ1n) is 8.78. The zero-order valence-corrected chi connectivity index (χ0v) is 15.9. The quantitative estimate of drug-likeness (QED) is 0.324. The number of nitrogens with two attached hydrogens (primary N) is 1. The summed E-state index contributed by atoms with van der Waals surface area (Å²) in [7, 11) is 1.56. The highest BCUT2D eigenvalue weighted by molar-refractivity contribution is 6.06. The molecule has 0 saturated heterocycles. The van der Waals surface area contributed by atoms with E-state index in [9.17, 15) is 19.7 Å². The summed E-state index contributed by atoms with van der Waals surface area (Å²) in [6.45, 7) is 0. The van der Waals surface area contributed by atoms with Crippen molar-refractivity contribution in [2.45, 2.75) is 0 Å². The van der Waals surface area contributed by atoms with Crippen LogP contribution in [0, 0.1) is 10.1 Å². The molecule has 0 aromatic heterocycles. The second kappa shape index (κ2) is 8.74. The normalized spacial score (nSPS) is 10.2. The maximum absolute atomic E-state index is 12.4. The van der Waals surface area contributed by atoms with Gasteiger partial charge in [-0.05, 0) is 60.7 Å². The Morgan fingerprint density at radius 2 is 1.37 bits per heavy atom. The van der Waals surface area contributed by atoms with Crippen LogP contribution < -0.4 is 21.1 Å². The number of benzene rings is 3. The van der Waals surface area contributed by atoms with Crippen LogP contribution in [0.15, 0.2) is 66.7 Å². The molecule has 0 fully saturated rings. The molecule has 2 amide bonds. The second-order valence-corrected chi connectivity index (χ2v) is 6.24. The number of rotatable bonds is 6. The molecule has 3 aromatic rings. The summed E-state index contributed by atoms with van der Waals surface area (Å²) in [5.74, 6) is -0.166. The van der Waals surface area contributed by atoms with Crippen molar-refractivity contribution in [2.24, 2.45) is 0 Å². The Hall–Kier alpha value is -4.40. The largest absolute Gasteiger partial charge is 0.497 e. The van der Waals surface area contributed by atoms with Crippen LogP contribution in [0.2, 0.25) is 0 Å². The van der Waals surface area contributed by atoms with Gasteiger partial charge in [-0.15, -0.1) is 0 Å². The van der Waals surface area contributed by atoms with Gasteiger partial charge in [-0.1, -0.05) is 0 Å². The molecule has 3 rings (SSSR count). The van der Waals surface area contributed by atoms with Gasteiger partial charge in [0.05, 0.1) is 12.0 Å². The van der Waals surface area contributed by atoms with E-state index < -0.39 is 10.8 Å². The topological polar surface area (TPSA) is 137 Å². The molecule has 0 atom stereocenters. The van der Waals surface area contributed by atoms with Crippen molar-refractivity contribution in [2.75, 3.05) is 23.5 Å². The number of nitro groups is 1. The molecule has 30 heavy (non-hydrogen) atoms. The molecular weight excluding hydrogens is 388 g/mol. The van der Waals surface area contributed by atoms with Crippen molar-refractivity contribution in [3.05, 3.63) is 88.0 Å². The fraction of sp³-hybridized carbons (Fsp3) is 0.0476. The molecule has 0 aliphatic heterocycles. The molecule has 0 aliphatic rings. The number of hydrogen-bond acceptors (Lipinski definition) is 6. The summed E-state index contributed by atoms with van der Waals surface area (Å²) in [4.78, 5) is 35.0.